The minimum Gasteiger partial charge on any atom is -0.458 e. The number of amides is 2. The predicted octanol–water partition coefficient (Wildman–Crippen LogP) is 6.88. The highest BCUT2D eigenvalue weighted by Crippen LogP contribution is 2.41. The van der Waals surface area contributed by atoms with Gasteiger partial charge in [0, 0.05) is 29.0 Å². The van der Waals surface area contributed by atoms with Gasteiger partial charge in [-0.3, -0.25) is 9.59 Å². The second-order valence-electron chi connectivity index (χ2n) is 10.7. The monoisotopic (exact) mass is 573 g/mol. The summed E-state index contributed by atoms with van der Waals surface area (Å²) in [5, 5.41) is 9.80. The lowest BCUT2D eigenvalue weighted by molar-refractivity contribution is -0.159. The smallest absolute Gasteiger partial charge is 0.329 e. The number of hydrogen-bond acceptors (Lipinski definition) is 5. The molecule has 1 saturated carbocycles. The minimum absolute atomic E-state index is 0.180. The zero-order chi connectivity index (χ0) is 28.6. The number of hydrogen-bond donors (Lipinski definition) is 2. The predicted molar refractivity (Wildman–Crippen MR) is 152 cm³/mol. The average molecular weight is 575 g/mol. The van der Waals surface area contributed by atoms with E-state index < -0.39 is 28.9 Å². The number of halogens is 2. The van der Waals surface area contributed by atoms with Gasteiger partial charge < -0.3 is 15.4 Å². The van der Waals surface area contributed by atoms with Crippen LogP contribution in [0.15, 0.2) is 47.6 Å². The summed E-state index contributed by atoms with van der Waals surface area (Å²) in [5.41, 5.74) is 8.70. The van der Waals surface area contributed by atoms with Crippen molar-refractivity contribution in [3.8, 4) is 0 Å². The van der Waals surface area contributed by atoms with Crippen molar-refractivity contribution in [2.24, 2.45) is 10.5 Å². The number of nitrogens with one attached hydrogen (secondary N) is 2. The zero-order valence-corrected chi connectivity index (χ0v) is 23.8. The van der Waals surface area contributed by atoms with Crippen LogP contribution in [0.1, 0.15) is 68.8 Å². The molecule has 1 atom stereocenters. The van der Waals surface area contributed by atoms with Crippen LogP contribution in [-0.4, -0.2) is 36.0 Å². The number of rotatable bonds is 10. The van der Waals surface area contributed by atoms with Crippen LogP contribution in [0, 0.1) is 5.41 Å². The van der Waals surface area contributed by atoms with E-state index in [2.05, 4.69) is 20.7 Å². The number of azide groups is 1. The second kappa shape index (κ2) is 13.2. The maximum atomic E-state index is 13.5. The van der Waals surface area contributed by atoms with Crippen molar-refractivity contribution < 1.29 is 19.1 Å². The van der Waals surface area contributed by atoms with Gasteiger partial charge >= 0.3 is 5.97 Å². The first-order chi connectivity index (χ1) is 18.4. The highest BCUT2D eigenvalue weighted by atomic mass is 35.5. The zero-order valence-electron chi connectivity index (χ0n) is 22.3. The van der Waals surface area contributed by atoms with E-state index >= 15 is 0 Å². The van der Waals surface area contributed by atoms with Crippen LogP contribution in [0.2, 0.25) is 10.0 Å². The summed E-state index contributed by atoms with van der Waals surface area (Å²) in [5.74, 6) is -1.21. The van der Waals surface area contributed by atoms with Crippen molar-refractivity contribution in [3.05, 3.63) is 74.1 Å². The summed E-state index contributed by atoms with van der Waals surface area (Å²) < 4.78 is 5.61. The van der Waals surface area contributed by atoms with Gasteiger partial charge in [0.2, 0.25) is 5.91 Å². The van der Waals surface area contributed by atoms with Gasteiger partial charge in [-0.25, -0.2) is 4.79 Å². The molecular formula is C28H33Cl2N5O4. The number of carbonyl (C=O) groups excluding carboxylic acids is 3. The Bertz CT molecular complexity index is 1230. The molecule has 208 valence electrons. The number of esters is 1. The molecule has 0 bridgehead atoms. The first-order valence-electron chi connectivity index (χ1n) is 12.8. The molecule has 0 spiro atoms. The molecule has 1 aliphatic rings. The first kappa shape index (κ1) is 30.3. The Morgan fingerprint density at radius 2 is 1.69 bits per heavy atom. The summed E-state index contributed by atoms with van der Waals surface area (Å²) in [6.45, 7) is 5.52. The first-order valence-corrected chi connectivity index (χ1v) is 13.6. The van der Waals surface area contributed by atoms with Gasteiger partial charge in [-0.15, -0.1) is 0 Å². The Kier molecular flexibility index (Phi) is 10.2. The van der Waals surface area contributed by atoms with Crippen LogP contribution in [0.3, 0.4) is 0 Å². The summed E-state index contributed by atoms with van der Waals surface area (Å²) >= 11 is 12.3. The molecule has 0 saturated heterocycles. The van der Waals surface area contributed by atoms with Crippen LogP contribution in [0.5, 0.6) is 0 Å². The van der Waals surface area contributed by atoms with Crippen LogP contribution in [-0.2, 0) is 20.7 Å². The topological polar surface area (TPSA) is 133 Å². The maximum Gasteiger partial charge on any atom is 0.329 e. The van der Waals surface area contributed by atoms with Crippen molar-refractivity contribution in [1.82, 2.24) is 5.32 Å². The van der Waals surface area contributed by atoms with E-state index in [0.717, 1.165) is 18.4 Å². The number of ether oxygens (including phenoxy) is 1. The molecule has 1 fully saturated rings. The molecule has 2 aromatic rings. The van der Waals surface area contributed by atoms with Crippen LogP contribution < -0.4 is 10.6 Å². The molecule has 11 heteroatoms. The van der Waals surface area contributed by atoms with Gasteiger partial charge in [-0.05, 0) is 75.4 Å². The number of nitrogens with zero attached hydrogens (tertiary/aromatic N) is 3. The minimum atomic E-state index is -0.920. The molecule has 0 aliphatic heterocycles. The third-order valence-electron chi connectivity index (χ3n) is 6.63. The fourth-order valence-electron chi connectivity index (χ4n) is 4.70. The van der Waals surface area contributed by atoms with E-state index in [9.17, 15) is 14.4 Å². The lowest BCUT2D eigenvalue weighted by atomic mass is 9.81. The van der Waals surface area contributed by atoms with E-state index in [1.54, 1.807) is 63.2 Å². The summed E-state index contributed by atoms with van der Waals surface area (Å²) in [6.07, 6.45) is 3.75. The molecule has 0 heterocycles. The SMILES string of the molecule is CC(C)(C)OC(=O)C(Cc1ccc(NC(=O)c2c(Cl)cccc2Cl)cc1)NC(=O)C1(CCN=[N+]=[N-])CCCC1. The number of anilines is 1. The number of benzene rings is 2. The molecule has 1 aliphatic carbocycles. The standard InChI is InChI=1S/C28H33Cl2N5O4/c1-27(2,3)39-25(37)22(34-26(38)28(13-4-5-14-28)15-16-32-35-31)17-18-9-11-19(12-10-18)33-24(36)23-20(29)7-6-8-21(23)30/h6-12,22H,4-5,13-17H2,1-3H3,(H,33,36)(H,34,38). The van der Waals surface area contributed by atoms with E-state index in [1.165, 1.54) is 0 Å². The van der Waals surface area contributed by atoms with E-state index in [0.29, 0.717) is 24.9 Å². The Hall–Kier alpha value is -3.26. The molecule has 0 aromatic heterocycles. The lowest BCUT2D eigenvalue weighted by Crippen LogP contribution is -2.50. The third kappa shape index (κ3) is 8.36. The fraction of sp³-hybridized carbons (Fsp3) is 0.464. The van der Waals surface area contributed by atoms with Crippen molar-refractivity contribution >= 4 is 46.7 Å². The van der Waals surface area contributed by atoms with E-state index in [-0.39, 0.29) is 34.5 Å². The fourth-order valence-corrected chi connectivity index (χ4v) is 5.27. The van der Waals surface area contributed by atoms with Crippen molar-refractivity contribution in [2.45, 2.75) is 70.9 Å². The normalized spacial score (nSPS) is 15.1. The van der Waals surface area contributed by atoms with Crippen LogP contribution in [0.25, 0.3) is 10.4 Å². The Labute approximate surface area is 238 Å². The molecule has 2 N–H and O–H groups in total. The molecule has 39 heavy (non-hydrogen) atoms. The highest BCUT2D eigenvalue weighted by molar-refractivity contribution is 6.40. The highest BCUT2D eigenvalue weighted by Gasteiger charge is 2.42. The van der Waals surface area contributed by atoms with E-state index in [4.69, 9.17) is 33.5 Å². The quantitative estimate of drug-likeness (QED) is 0.139. The molecule has 1 unspecified atom stereocenters. The summed E-state index contributed by atoms with van der Waals surface area (Å²) in [4.78, 5) is 42.1. The molecule has 2 aromatic carbocycles. The largest absolute Gasteiger partial charge is 0.458 e. The van der Waals surface area contributed by atoms with E-state index in [1.807, 2.05) is 0 Å². The number of carbonyl (C=O) groups is 3. The van der Waals surface area contributed by atoms with Gasteiger partial charge in [0.1, 0.15) is 11.6 Å². The van der Waals surface area contributed by atoms with Gasteiger partial charge in [0.15, 0.2) is 0 Å². The van der Waals surface area contributed by atoms with Gasteiger partial charge in [-0.1, -0.05) is 59.4 Å². The van der Waals surface area contributed by atoms with Crippen molar-refractivity contribution in [3.63, 3.8) is 0 Å². The molecule has 3 rings (SSSR count). The molecular weight excluding hydrogens is 541 g/mol. The Morgan fingerprint density at radius 3 is 2.26 bits per heavy atom. The summed E-state index contributed by atoms with van der Waals surface area (Å²) in [6, 6.07) is 10.8. The lowest BCUT2D eigenvalue weighted by Gasteiger charge is -2.31. The molecule has 2 amide bonds. The second-order valence-corrected chi connectivity index (χ2v) is 11.5. The van der Waals surface area contributed by atoms with Crippen LogP contribution in [0.4, 0.5) is 5.69 Å². The Morgan fingerprint density at radius 1 is 1.08 bits per heavy atom. The van der Waals surface area contributed by atoms with Gasteiger partial charge in [-0.2, -0.15) is 0 Å². The average Bonchev–Trinajstić information content (AvgIpc) is 3.34. The van der Waals surface area contributed by atoms with Gasteiger partial charge in [0.25, 0.3) is 5.91 Å². The van der Waals surface area contributed by atoms with Crippen LogP contribution >= 0.6 is 23.2 Å². The van der Waals surface area contributed by atoms with Gasteiger partial charge in [0.05, 0.1) is 15.6 Å². The molecule has 0 radical (unpaired) electrons. The van der Waals surface area contributed by atoms with Crippen molar-refractivity contribution in [2.75, 3.05) is 11.9 Å². The maximum absolute atomic E-state index is 13.5. The van der Waals surface area contributed by atoms with Crippen molar-refractivity contribution in [1.29, 1.82) is 0 Å². The molecule has 9 nitrogen and oxygen atoms in total. The summed E-state index contributed by atoms with van der Waals surface area (Å²) in [7, 11) is 0. The Balaban J connectivity index is 1.76. The third-order valence-corrected chi connectivity index (χ3v) is 7.26.